The second-order valence-electron chi connectivity index (χ2n) is 6.30. The summed E-state index contributed by atoms with van der Waals surface area (Å²) in [5, 5.41) is 2.97. The molecule has 2 aliphatic rings. The predicted molar refractivity (Wildman–Crippen MR) is 79.1 cm³/mol. The monoisotopic (exact) mass is 266 g/mol. The molecule has 110 valence electrons. The van der Waals surface area contributed by atoms with Gasteiger partial charge < -0.3 is 5.32 Å². The van der Waals surface area contributed by atoms with Crippen LogP contribution in [0.3, 0.4) is 0 Å². The van der Waals surface area contributed by atoms with E-state index in [9.17, 15) is 4.79 Å². The SMILES string of the molecule is CC(=O)NCCN(C1CCCCC1)C1CCCCC1. The number of amides is 1. The van der Waals surface area contributed by atoms with Gasteiger partial charge in [0.1, 0.15) is 0 Å². The summed E-state index contributed by atoms with van der Waals surface area (Å²) in [6.07, 6.45) is 13.9. The molecule has 3 nitrogen and oxygen atoms in total. The third kappa shape index (κ3) is 4.79. The van der Waals surface area contributed by atoms with Crippen LogP contribution < -0.4 is 5.32 Å². The molecule has 2 aliphatic carbocycles. The molecule has 0 radical (unpaired) electrons. The number of nitrogens with one attached hydrogen (secondary N) is 1. The topological polar surface area (TPSA) is 32.3 Å². The normalized spacial score (nSPS) is 22.6. The molecular weight excluding hydrogens is 236 g/mol. The summed E-state index contributed by atoms with van der Waals surface area (Å²) in [4.78, 5) is 13.8. The maximum Gasteiger partial charge on any atom is 0.216 e. The lowest BCUT2D eigenvalue weighted by Crippen LogP contribution is -2.48. The van der Waals surface area contributed by atoms with Crippen molar-refractivity contribution in [2.45, 2.75) is 83.2 Å². The highest BCUT2D eigenvalue weighted by atomic mass is 16.1. The highest BCUT2D eigenvalue weighted by molar-refractivity contribution is 5.72. The van der Waals surface area contributed by atoms with Crippen LogP contribution in [0, 0.1) is 0 Å². The van der Waals surface area contributed by atoms with Crippen LogP contribution in [0.15, 0.2) is 0 Å². The van der Waals surface area contributed by atoms with E-state index >= 15 is 0 Å². The largest absolute Gasteiger partial charge is 0.355 e. The Hall–Kier alpha value is -0.570. The molecule has 0 bridgehead atoms. The van der Waals surface area contributed by atoms with Crippen LogP contribution in [-0.4, -0.2) is 36.0 Å². The molecule has 0 saturated heterocycles. The molecule has 0 aromatic heterocycles. The van der Waals surface area contributed by atoms with Crippen LogP contribution in [-0.2, 0) is 4.79 Å². The Morgan fingerprint density at radius 1 is 0.947 bits per heavy atom. The maximum atomic E-state index is 11.0. The molecule has 0 unspecified atom stereocenters. The van der Waals surface area contributed by atoms with E-state index in [1.54, 1.807) is 6.92 Å². The lowest BCUT2D eigenvalue weighted by molar-refractivity contribution is -0.119. The molecule has 0 spiro atoms. The lowest BCUT2D eigenvalue weighted by atomic mass is 9.88. The molecule has 1 amide bonds. The Bertz CT molecular complexity index is 250. The molecule has 1 N–H and O–H groups in total. The summed E-state index contributed by atoms with van der Waals surface area (Å²) in [7, 11) is 0. The van der Waals surface area contributed by atoms with Crippen LogP contribution in [0.2, 0.25) is 0 Å². The molecule has 19 heavy (non-hydrogen) atoms. The van der Waals surface area contributed by atoms with Crippen LogP contribution >= 0.6 is 0 Å². The van der Waals surface area contributed by atoms with E-state index in [0.29, 0.717) is 0 Å². The first-order chi connectivity index (χ1) is 9.27. The summed E-state index contributed by atoms with van der Waals surface area (Å²) in [5.41, 5.74) is 0. The quantitative estimate of drug-likeness (QED) is 0.829. The first-order valence-corrected chi connectivity index (χ1v) is 8.27. The number of carbonyl (C=O) groups is 1. The third-order valence-corrected chi connectivity index (χ3v) is 4.83. The minimum atomic E-state index is 0.104. The van der Waals surface area contributed by atoms with E-state index in [2.05, 4.69) is 10.2 Å². The van der Waals surface area contributed by atoms with Gasteiger partial charge in [0.25, 0.3) is 0 Å². The molecule has 0 aliphatic heterocycles. The fraction of sp³-hybridized carbons (Fsp3) is 0.938. The summed E-state index contributed by atoms with van der Waals surface area (Å²) in [6, 6.07) is 1.57. The van der Waals surface area contributed by atoms with Crippen LogP contribution in [0.1, 0.15) is 71.1 Å². The van der Waals surface area contributed by atoms with Crippen molar-refractivity contribution < 1.29 is 4.79 Å². The summed E-state index contributed by atoms with van der Waals surface area (Å²) in [5.74, 6) is 0.104. The van der Waals surface area contributed by atoms with Crippen LogP contribution in [0.25, 0.3) is 0 Å². The minimum absolute atomic E-state index is 0.104. The number of hydrogen-bond donors (Lipinski definition) is 1. The highest BCUT2D eigenvalue weighted by Gasteiger charge is 2.28. The van der Waals surface area contributed by atoms with Gasteiger partial charge in [-0.05, 0) is 25.7 Å². The van der Waals surface area contributed by atoms with E-state index in [-0.39, 0.29) is 5.91 Å². The van der Waals surface area contributed by atoms with E-state index in [1.807, 2.05) is 0 Å². The Morgan fingerprint density at radius 3 is 1.84 bits per heavy atom. The molecule has 2 fully saturated rings. The van der Waals surface area contributed by atoms with E-state index in [0.717, 1.165) is 25.2 Å². The van der Waals surface area contributed by atoms with Crippen LogP contribution in [0.5, 0.6) is 0 Å². The van der Waals surface area contributed by atoms with Gasteiger partial charge in [0.15, 0.2) is 0 Å². The van der Waals surface area contributed by atoms with Gasteiger partial charge in [-0.1, -0.05) is 38.5 Å². The Kier molecular flexibility index (Phi) is 6.15. The van der Waals surface area contributed by atoms with Gasteiger partial charge in [-0.3, -0.25) is 9.69 Å². The predicted octanol–water partition coefficient (Wildman–Crippen LogP) is 3.09. The fourth-order valence-electron chi connectivity index (χ4n) is 3.85. The molecule has 0 heterocycles. The van der Waals surface area contributed by atoms with Crippen molar-refractivity contribution in [3.63, 3.8) is 0 Å². The molecule has 0 aromatic carbocycles. The molecule has 2 saturated carbocycles. The summed E-state index contributed by atoms with van der Waals surface area (Å²) >= 11 is 0. The number of nitrogens with zero attached hydrogens (tertiary/aromatic N) is 1. The van der Waals surface area contributed by atoms with E-state index in [4.69, 9.17) is 0 Å². The van der Waals surface area contributed by atoms with Crippen LogP contribution in [0.4, 0.5) is 0 Å². The number of rotatable bonds is 5. The maximum absolute atomic E-state index is 11.0. The van der Waals surface area contributed by atoms with Crippen molar-refractivity contribution >= 4 is 5.91 Å². The average molecular weight is 266 g/mol. The minimum Gasteiger partial charge on any atom is -0.355 e. The molecule has 3 heteroatoms. The van der Waals surface area contributed by atoms with Gasteiger partial charge in [-0.2, -0.15) is 0 Å². The van der Waals surface area contributed by atoms with Crippen molar-refractivity contribution in [1.82, 2.24) is 10.2 Å². The lowest BCUT2D eigenvalue weighted by Gasteiger charge is -2.41. The first-order valence-electron chi connectivity index (χ1n) is 8.27. The van der Waals surface area contributed by atoms with Crippen molar-refractivity contribution in [3.8, 4) is 0 Å². The van der Waals surface area contributed by atoms with Crippen molar-refractivity contribution in [1.29, 1.82) is 0 Å². The zero-order chi connectivity index (χ0) is 13.5. The Morgan fingerprint density at radius 2 is 1.42 bits per heavy atom. The molecule has 2 rings (SSSR count). The zero-order valence-electron chi connectivity index (χ0n) is 12.5. The van der Waals surface area contributed by atoms with Gasteiger partial charge in [0, 0.05) is 32.1 Å². The average Bonchev–Trinajstić information content (AvgIpc) is 2.45. The van der Waals surface area contributed by atoms with E-state index in [1.165, 1.54) is 64.2 Å². The van der Waals surface area contributed by atoms with Gasteiger partial charge in [0.2, 0.25) is 5.91 Å². The van der Waals surface area contributed by atoms with Gasteiger partial charge in [0.05, 0.1) is 0 Å². The Labute approximate surface area is 118 Å². The zero-order valence-corrected chi connectivity index (χ0v) is 12.5. The van der Waals surface area contributed by atoms with Gasteiger partial charge in [-0.25, -0.2) is 0 Å². The second kappa shape index (κ2) is 7.88. The fourth-order valence-corrected chi connectivity index (χ4v) is 3.85. The third-order valence-electron chi connectivity index (χ3n) is 4.83. The van der Waals surface area contributed by atoms with Crippen molar-refractivity contribution in [3.05, 3.63) is 0 Å². The molecule has 0 atom stereocenters. The second-order valence-corrected chi connectivity index (χ2v) is 6.30. The summed E-state index contributed by atoms with van der Waals surface area (Å²) in [6.45, 7) is 3.49. The number of carbonyl (C=O) groups excluding carboxylic acids is 1. The van der Waals surface area contributed by atoms with E-state index < -0.39 is 0 Å². The van der Waals surface area contributed by atoms with Gasteiger partial charge >= 0.3 is 0 Å². The van der Waals surface area contributed by atoms with Crippen molar-refractivity contribution in [2.75, 3.05) is 13.1 Å². The highest BCUT2D eigenvalue weighted by Crippen LogP contribution is 2.29. The summed E-state index contributed by atoms with van der Waals surface area (Å²) < 4.78 is 0. The molecular formula is C16H30N2O. The van der Waals surface area contributed by atoms with Crippen molar-refractivity contribution in [2.24, 2.45) is 0 Å². The van der Waals surface area contributed by atoms with Gasteiger partial charge in [-0.15, -0.1) is 0 Å². The first kappa shape index (κ1) is 14.8. The number of hydrogen-bond acceptors (Lipinski definition) is 2. The Balaban J connectivity index is 1.88. The smallest absolute Gasteiger partial charge is 0.216 e. The standard InChI is InChI=1S/C16H30N2O/c1-14(19)17-12-13-18(15-8-4-2-5-9-15)16-10-6-3-7-11-16/h15-16H,2-13H2,1H3,(H,17,19). The molecule has 0 aromatic rings.